The first-order chi connectivity index (χ1) is 9.20. The Balaban J connectivity index is 2.07. The Morgan fingerprint density at radius 1 is 1.32 bits per heavy atom. The standard InChI is InChI=1S/C14H16ClN3S/c1-3-19-12-6-4-11(5-7-12)10(2)18-14-13(15)8-16-9-17-14/h4-10H,3H2,1-2H3,(H,16,17,18). The molecule has 0 spiro atoms. The van der Waals surface area contributed by atoms with Crippen LogP contribution in [0.3, 0.4) is 0 Å². The Bertz CT molecular complexity index is 530. The van der Waals surface area contributed by atoms with Gasteiger partial charge in [-0.25, -0.2) is 9.97 Å². The van der Waals surface area contributed by atoms with Crippen LogP contribution in [-0.4, -0.2) is 15.7 Å². The van der Waals surface area contributed by atoms with Gasteiger partial charge in [0, 0.05) is 10.9 Å². The molecule has 100 valence electrons. The molecule has 0 saturated heterocycles. The molecule has 1 aromatic carbocycles. The number of nitrogens with zero attached hydrogens (tertiary/aromatic N) is 2. The smallest absolute Gasteiger partial charge is 0.148 e. The van der Waals surface area contributed by atoms with Gasteiger partial charge in [0.2, 0.25) is 0 Å². The molecule has 5 heteroatoms. The largest absolute Gasteiger partial charge is 0.362 e. The van der Waals surface area contributed by atoms with Crippen molar-refractivity contribution in [1.29, 1.82) is 0 Å². The van der Waals surface area contributed by atoms with Crippen molar-refractivity contribution in [1.82, 2.24) is 9.97 Å². The molecule has 0 amide bonds. The zero-order valence-corrected chi connectivity index (χ0v) is 12.5. The van der Waals surface area contributed by atoms with Crippen LogP contribution in [-0.2, 0) is 0 Å². The van der Waals surface area contributed by atoms with Crippen LogP contribution >= 0.6 is 23.4 Å². The molecule has 1 unspecified atom stereocenters. The van der Waals surface area contributed by atoms with E-state index in [1.807, 2.05) is 11.8 Å². The lowest BCUT2D eigenvalue weighted by Crippen LogP contribution is -2.08. The summed E-state index contributed by atoms with van der Waals surface area (Å²) < 4.78 is 0. The van der Waals surface area contributed by atoms with Crippen LogP contribution in [0.4, 0.5) is 5.82 Å². The molecular formula is C14H16ClN3S. The SMILES string of the molecule is CCSc1ccc(C(C)Nc2ncncc2Cl)cc1. The van der Waals surface area contributed by atoms with Crippen molar-refractivity contribution >= 4 is 29.2 Å². The summed E-state index contributed by atoms with van der Waals surface area (Å²) in [5.74, 6) is 1.75. The van der Waals surface area contributed by atoms with Crippen LogP contribution in [0, 0.1) is 0 Å². The van der Waals surface area contributed by atoms with Gasteiger partial charge in [0.15, 0.2) is 0 Å². The lowest BCUT2D eigenvalue weighted by Gasteiger charge is -2.15. The normalized spacial score (nSPS) is 12.2. The molecule has 2 rings (SSSR count). The van der Waals surface area contributed by atoms with E-state index in [1.165, 1.54) is 16.8 Å². The van der Waals surface area contributed by atoms with E-state index in [0.717, 1.165) is 5.75 Å². The molecule has 0 aliphatic rings. The molecule has 3 nitrogen and oxygen atoms in total. The Hall–Kier alpha value is -1.26. The molecule has 0 aliphatic heterocycles. The maximum Gasteiger partial charge on any atom is 0.148 e. The van der Waals surface area contributed by atoms with Crippen LogP contribution in [0.1, 0.15) is 25.5 Å². The van der Waals surface area contributed by atoms with Crippen LogP contribution in [0.2, 0.25) is 5.02 Å². The molecule has 0 saturated carbocycles. The van der Waals surface area contributed by atoms with Crippen LogP contribution in [0.25, 0.3) is 0 Å². The first-order valence-electron chi connectivity index (χ1n) is 6.15. The third kappa shape index (κ3) is 3.85. The quantitative estimate of drug-likeness (QED) is 0.828. The van der Waals surface area contributed by atoms with Crippen molar-refractivity contribution in [3.05, 3.63) is 47.4 Å². The molecule has 19 heavy (non-hydrogen) atoms. The molecule has 0 bridgehead atoms. The minimum atomic E-state index is 0.146. The van der Waals surface area contributed by atoms with Gasteiger partial charge in [-0.3, -0.25) is 0 Å². The van der Waals surface area contributed by atoms with E-state index >= 15 is 0 Å². The summed E-state index contributed by atoms with van der Waals surface area (Å²) in [6, 6.07) is 8.69. The van der Waals surface area contributed by atoms with Gasteiger partial charge in [-0.05, 0) is 30.4 Å². The lowest BCUT2D eigenvalue weighted by atomic mass is 10.1. The van der Waals surface area contributed by atoms with Gasteiger partial charge in [0.1, 0.15) is 17.2 Å². The number of hydrogen-bond donors (Lipinski definition) is 1. The van der Waals surface area contributed by atoms with Gasteiger partial charge < -0.3 is 5.32 Å². The van der Waals surface area contributed by atoms with Gasteiger partial charge in [0.05, 0.1) is 6.20 Å². The van der Waals surface area contributed by atoms with Crippen molar-refractivity contribution in [3.63, 3.8) is 0 Å². The van der Waals surface area contributed by atoms with Crippen LogP contribution in [0.15, 0.2) is 41.7 Å². The topological polar surface area (TPSA) is 37.8 Å². The van der Waals surface area contributed by atoms with Gasteiger partial charge >= 0.3 is 0 Å². The second-order valence-electron chi connectivity index (χ2n) is 4.09. The van der Waals surface area contributed by atoms with Crippen molar-refractivity contribution in [3.8, 4) is 0 Å². The van der Waals surface area contributed by atoms with E-state index in [2.05, 4.69) is 53.4 Å². The fraction of sp³-hybridized carbons (Fsp3) is 0.286. The maximum atomic E-state index is 6.03. The zero-order chi connectivity index (χ0) is 13.7. The molecule has 0 fully saturated rings. The van der Waals surface area contributed by atoms with Crippen molar-refractivity contribution < 1.29 is 0 Å². The number of anilines is 1. The minimum Gasteiger partial charge on any atom is -0.362 e. The van der Waals surface area contributed by atoms with E-state index in [4.69, 9.17) is 11.6 Å². The second-order valence-corrected chi connectivity index (χ2v) is 5.83. The minimum absolute atomic E-state index is 0.146. The third-order valence-electron chi connectivity index (χ3n) is 2.71. The number of thioether (sulfide) groups is 1. The summed E-state index contributed by atoms with van der Waals surface area (Å²) >= 11 is 7.87. The maximum absolute atomic E-state index is 6.03. The number of halogens is 1. The summed E-state index contributed by atoms with van der Waals surface area (Å²) in [7, 11) is 0. The van der Waals surface area contributed by atoms with Crippen LogP contribution in [0.5, 0.6) is 0 Å². The first-order valence-corrected chi connectivity index (χ1v) is 7.52. The summed E-state index contributed by atoms with van der Waals surface area (Å²) in [6.45, 7) is 4.24. The Labute approximate surface area is 122 Å². The van der Waals surface area contributed by atoms with Gasteiger partial charge in [0.25, 0.3) is 0 Å². The Morgan fingerprint density at radius 3 is 2.68 bits per heavy atom. The van der Waals surface area contributed by atoms with E-state index in [9.17, 15) is 0 Å². The predicted octanol–water partition coefficient (Wildman–Crippen LogP) is 4.42. The average Bonchev–Trinajstić information content (AvgIpc) is 2.42. The third-order valence-corrected chi connectivity index (χ3v) is 3.88. The van der Waals surface area contributed by atoms with Gasteiger partial charge in [-0.15, -0.1) is 11.8 Å². The highest BCUT2D eigenvalue weighted by atomic mass is 35.5. The molecule has 1 atom stereocenters. The number of aromatic nitrogens is 2. The Morgan fingerprint density at radius 2 is 2.05 bits per heavy atom. The number of benzene rings is 1. The molecule has 1 aromatic heterocycles. The van der Waals surface area contributed by atoms with Gasteiger partial charge in [-0.1, -0.05) is 30.7 Å². The Kier molecular flexibility index (Phi) is 5.05. The van der Waals surface area contributed by atoms with Crippen LogP contribution < -0.4 is 5.32 Å². The molecule has 1 heterocycles. The van der Waals surface area contributed by atoms with E-state index in [0.29, 0.717) is 10.8 Å². The van der Waals surface area contributed by atoms with Gasteiger partial charge in [-0.2, -0.15) is 0 Å². The fourth-order valence-corrected chi connectivity index (χ4v) is 2.55. The summed E-state index contributed by atoms with van der Waals surface area (Å²) in [5, 5.41) is 3.82. The summed E-state index contributed by atoms with van der Waals surface area (Å²) in [6.07, 6.45) is 3.08. The number of nitrogens with one attached hydrogen (secondary N) is 1. The molecule has 2 aromatic rings. The predicted molar refractivity (Wildman–Crippen MR) is 81.9 cm³/mol. The molecule has 0 radical (unpaired) electrons. The van der Waals surface area contributed by atoms with Crippen molar-refractivity contribution in [2.45, 2.75) is 24.8 Å². The first kappa shape index (κ1) is 14.2. The zero-order valence-electron chi connectivity index (χ0n) is 10.9. The fourth-order valence-electron chi connectivity index (χ4n) is 1.73. The highest BCUT2D eigenvalue weighted by Gasteiger charge is 2.08. The van der Waals surface area contributed by atoms with Crippen molar-refractivity contribution in [2.75, 3.05) is 11.1 Å². The molecule has 0 aliphatic carbocycles. The summed E-state index contributed by atoms with van der Waals surface area (Å²) in [5.41, 5.74) is 1.20. The van der Waals surface area contributed by atoms with E-state index in [1.54, 1.807) is 6.20 Å². The number of hydrogen-bond acceptors (Lipinski definition) is 4. The summed E-state index contributed by atoms with van der Waals surface area (Å²) in [4.78, 5) is 9.29. The second kappa shape index (κ2) is 6.78. The van der Waals surface area contributed by atoms with E-state index in [-0.39, 0.29) is 6.04 Å². The molecular weight excluding hydrogens is 278 g/mol. The average molecular weight is 294 g/mol. The monoisotopic (exact) mass is 293 g/mol. The molecule has 1 N–H and O–H groups in total. The lowest BCUT2D eigenvalue weighted by molar-refractivity contribution is 0.870. The number of rotatable bonds is 5. The highest BCUT2D eigenvalue weighted by molar-refractivity contribution is 7.99. The van der Waals surface area contributed by atoms with Crippen molar-refractivity contribution in [2.24, 2.45) is 0 Å². The highest BCUT2D eigenvalue weighted by Crippen LogP contribution is 2.25. The van der Waals surface area contributed by atoms with E-state index < -0.39 is 0 Å².